The molecule has 1 rings (SSSR count). The van der Waals surface area contributed by atoms with Crippen LogP contribution in [0.3, 0.4) is 0 Å². The van der Waals surface area contributed by atoms with Gasteiger partial charge in [-0.25, -0.2) is 4.79 Å². The van der Waals surface area contributed by atoms with Crippen LogP contribution in [-0.4, -0.2) is 13.1 Å². The molecule has 0 aromatic heterocycles. The standard InChI is InChI=1S/C11H10ClNO2/c1-7-3-4-8(11(14)15-2)10(6-13)9(7)5-12/h3-4H,5H2,1-2H3. The number of nitriles is 1. The van der Waals surface area contributed by atoms with Gasteiger partial charge in [0.15, 0.2) is 0 Å². The Morgan fingerprint density at radius 2 is 2.27 bits per heavy atom. The molecule has 0 spiro atoms. The molecule has 0 atom stereocenters. The number of nitrogens with zero attached hydrogens (tertiary/aromatic N) is 1. The zero-order chi connectivity index (χ0) is 11.4. The summed E-state index contributed by atoms with van der Waals surface area (Å²) < 4.78 is 4.58. The number of benzene rings is 1. The first-order valence-electron chi connectivity index (χ1n) is 4.32. The third-order valence-corrected chi connectivity index (χ3v) is 2.47. The first kappa shape index (κ1) is 11.5. The third kappa shape index (κ3) is 2.11. The lowest BCUT2D eigenvalue weighted by molar-refractivity contribution is 0.0600. The SMILES string of the molecule is COC(=O)c1ccc(C)c(CCl)c1C#N. The van der Waals surface area contributed by atoms with Gasteiger partial charge in [-0.15, -0.1) is 11.6 Å². The summed E-state index contributed by atoms with van der Waals surface area (Å²) in [4.78, 5) is 11.4. The number of hydrogen-bond donors (Lipinski definition) is 0. The van der Waals surface area contributed by atoms with Crippen molar-refractivity contribution in [3.63, 3.8) is 0 Å². The van der Waals surface area contributed by atoms with E-state index in [1.807, 2.05) is 13.0 Å². The molecule has 0 aliphatic heterocycles. The van der Waals surface area contributed by atoms with Crippen molar-refractivity contribution in [1.29, 1.82) is 5.26 Å². The number of aryl methyl sites for hydroxylation is 1. The molecule has 0 radical (unpaired) electrons. The van der Waals surface area contributed by atoms with Crippen LogP contribution >= 0.6 is 11.6 Å². The summed E-state index contributed by atoms with van der Waals surface area (Å²) in [6, 6.07) is 5.32. The second-order valence-corrected chi connectivity index (χ2v) is 3.29. The lowest BCUT2D eigenvalue weighted by Gasteiger charge is -2.08. The fraction of sp³-hybridized carbons (Fsp3) is 0.273. The Hall–Kier alpha value is -1.53. The first-order chi connectivity index (χ1) is 7.15. The molecule has 0 amide bonds. The highest BCUT2D eigenvalue weighted by molar-refractivity contribution is 6.17. The molecule has 3 nitrogen and oxygen atoms in total. The van der Waals surface area contributed by atoms with Gasteiger partial charge < -0.3 is 4.74 Å². The lowest BCUT2D eigenvalue weighted by atomic mass is 9.98. The lowest BCUT2D eigenvalue weighted by Crippen LogP contribution is -2.07. The normalized spacial score (nSPS) is 9.47. The maximum absolute atomic E-state index is 11.4. The van der Waals surface area contributed by atoms with Crippen molar-refractivity contribution in [2.24, 2.45) is 0 Å². The second-order valence-electron chi connectivity index (χ2n) is 3.02. The zero-order valence-electron chi connectivity index (χ0n) is 8.50. The number of carbonyl (C=O) groups excluding carboxylic acids is 1. The van der Waals surface area contributed by atoms with Crippen LogP contribution in [0, 0.1) is 18.3 Å². The molecular weight excluding hydrogens is 214 g/mol. The van der Waals surface area contributed by atoms with Crippen LogP contribution in [0.2, 0.25) is 0 Å². The number of halogens is 1. The molecule has 0 heterocycles. The molecular formula is C11H10ClNO2. The van der Waals surface area contributed by atoms with Gasteiger partial charge in [-0.05, 0) is 24.1 Å². The molecule has 0 saturated heterocycles. The topological polar surface area (TPSA) is 50.1 Å². The molecule has 4 heteroatoms. The predicted molar refractivity (Wildman–Crippen MR) is 56.8 cm³/mol. The molecule has 1 aromatic carbocycles. The minimum atomic E-state index is -0.516. The van der Waals surface area contributed by atoms with Crippen LogP contribution < -0.4 is 0 Å². The highest BCUT2D eigenvalue weighted by atomic mass is 35.5. The van der Waals surface area contributed by atoms with E-state index in [2.05, 4.69) is 4.74 Å². The average Bonchev–Trinajstić information content (AvgIpc) is 2.27. The highest BCUT2D eigenvalue weighted by Crippen LogP contribution is 2.20. The Labute approximate surface area is 93.2 Å². The van der Waals surface area contributed by atoms with Crippen molar-refractivity contribution in [2.75, 3.05) is 7.11 Å². The summed E-state index contributed by atoms with van der Waals surface area (Å²) in [5.74, 6) is -0.308. The van der Waals surface area contributed by atoms with Crippen LogP contribution in [0.15, 0.2) is 12.1 Å². The number of rotatable bonds is 2. The molecule has 0 N–H and O–H groups in total. The predicted octanol–water partition coefficient (Wildman–Crippen LogP) is 2.39. The molecule has 0 saturated carbocycles. The average molecular weight is 224 g/mol. The quantitative estimate of drug-likeness (QED) is 0.571. The fourth-order valence-electron chi connectivity index (χ4n) is 1.33. The summed E-state index contributed by atoms with van der Waals surface area (Å²) in [6.07, 6.45) is 0. The Morgan fingerprint density at radius 3 is 2.73 bits per heavy atom. The zero-order valence-corrected chi connectivity index (χ0v) is 9.26. The Balaban J connectivity index is 3.43. The summed E-state index contributed by atoms with van der Waals surface area (Å²) >= 11 is 5.73. The van der Waals surface area contributed by atoms with E-state index >= 15 is 0 Å². The van der Waals surface area contributed by atoms with E-state index in [-0.39, 0.29) is 11.4 Å². The number of esters is 1. The summed E-state index contributed by atoms with van der Waals surface area (Å²) in [5, 5.41) is 8.98. The molecule has 15 heavy (non-hydrogen) atoms. The second kappa shape index (κ2) is 4.81. The summed E-state index contributed by atoms with van der Waals surface area (Å²) in [5.41, 5.74) is 2.15. The number of ether oxygens (including phenoxy) is 1. The maximum Gasteiger partial charge on any atom is 0.339 e. The minimum absolute atomic E-state index is 0.208. The van der Waals surface area contributed by atoms with E-state index in [0.29, 0.717) is 11.1 Å². The van der Waals surface area contributed by atoms with Gasteiger partial charge in [0.1, 0.15) is 6.07 Å². The smallest absolute Gasteiger partial charge is 0.339 e. The van der Waals surface area contributed by atoms with Gasteiger partial charge in [-0.1, -0.05) is 6.07 Å². The van der Waals surface area contributed by atoms with Crippen molar-refractivity contribution in [1.82, 2.24) is 0 Å². The van der Waals surface area contributed by atoms with Crippen molar-refractivity contribution in [3.8, 4) is 6.07 Å². The van der Waals surface area contributed by atoms with E-state index in [9.17, 15) is 4.79 Å². The molecule has 0 bridgehead atoms. The van der Waals surface area contributed by atoms with Crippen molar-refractivity contribution >= 4 is 17.6 Å². The van der Waals surface area contributed by atoms with Crippen molar-refractivity contribution < 1.29 is 9.53 Å². The number of alkyl halides is 1. The van der Waals surface area contributed by atoms with Gasteiger partial charge in [0.25, 0.3) is 0 Å². The highest BCUT2D eigenvalue weighted by Gasteiger charge is 2.16. The van der Waals surface area contributed by atoms with Gasteiger partial charge >= 0.3 is 5.97 Å². The number of hydrogen-bond acceptors (Lipinski definition) is 3. The van der Waals surface area contributed by atoms with E-state index in [1.54, 1.807) is 12.1 Å². The van der Waals surface area contributed by atoms with Crippen LogP contribution in [-0.2, 0) is 10.6 Å². The van der Waals surface area contributed by atoms with E-state index in [4.69, 9.17) is 16.9 Å². The first-order valence-corrected chi connectivity index (χ1v) is 4.86. The molecule has 0 aliphatic rings. The van der Waals surface area contributed by atoms with E-state index in [1.165, 1.54) is 7.11 Å². The van der Waals surface area contributed by atoms with Gasteiger partial charge in [-0.2, -0.15) is 5.26 Å². The van der Waals surface area contributed by atoms with Crippen molar-refractivity contribution in [3.05, 3.63) is 34.4 Å². The van der Waals surface area contributed by atoms with Crippen LogP contribution in [0.1, 0.15) is 27.0 Å². The maximum atomic E-state index is 11.4. The van der Waals surface area contributed by atoms with E-state index in [0.717, 1.165) is 5.56 Å². The summed E-state index contributed by atoms with van der Waals surface area (Å²) in [7, 11) is 1.28. The number of carbonyl (C=O) groups is 1. The summed E-state index contributed by atoms with van der Waals surface area (Å²) in [6.45, 7) is 1.85. The van der Waals surface area contributed by atoms with Crippen LogP contribution in [0.25, 0.3) is 0 Å². The molecule has 0 aliphatic carbocycles. The Bertz CT molecular complexity index is 435. The van der Waals surface area contributed by atoms with Gasteiger partial charge in [-0.3, -0.25) is 0 Å². The third-order valence-electron chi connectivity index (χ3n) is 2.20. The molecule has 78 valence electrons. The minimum Gasteiger partial charge on any atom is -0.465 e. The van der Waals surface area contributed by atoms with Gasteiger partial charge in [0.05, 0.1) is 18.2 Å². The monoisotopic (exact) mass is 223 g/mol. The van der Waals surface area contributed by atoms with E-state index < -0.39 is 5.97 Å². The van der Waals surface area contributed by atoms with Gasteiger partial charge in [0, 0.05) is 5.88 Å². The Morgan fingerprint density at radius 1 is 1.60 bits per heavy atom. The molecule has 0 unspecified atom stereocenters. The molecule has 1 aromatic rings. The number of methoxy groups -OCH3 is 1. The van der Waals surface area contributed by atoms with Crippen molar-refractivity contribution in [2.45, 2.75) is 12.8 Å². The Kier molecular flexibility index (Phi) is 3.70. The van der Waals surface area contributed by atoms with Gasteiger partial charge in [0.2, 0.25) is 0 Å². The molecule has 0 fully saturated rings. The van der Waals surface area contributed by atoms with Crippen LogP contribution in [0.5, 0.6) is 0 Å². The van der Waals surface area contributed by atoms with Crippen LogP contribution in [0.4, 0.5) is 0 Å². The fourth-order valence-corrected chi connectivity index (χ4v) is 1.68. The largest absolute Gasteiger partial charge is 0.465 e.